The highest BCUT2D eigenvalue weighted by Gasteiger charge is 2.57. The van der Waals surface area contributed by atoms with Crippen molar-refractivity contribution in [3.05, 3.63) is 0 Å². The Labute approximate surface area is 118 Å². The van der Waals surface area contributed by atoms with Gasteiger partial charge in [-0.2, -0.15) is 0 Å². The van der Waals surface area contributed by atoms with Gasteiger partial charge in [0.2, 0.25) is 11.8 Å². The van der Waals surface area contributed by atoms with E-state index >= 15 is 0 Å². The molecule has 0 unspecified atom stereocenters. The summed E-state index contributed by atoms with van der Waals surface area (Å²) in [6.45, 7) is 0.0851. The predicted octanol–water partition coefficient (Wildman–Crippen LogP) is 1.95. The third kappa shape index (κ3) is 2.03. The highest BCUT2D eigenvalue weighted by atomic mass is 16.4. The normalized spacial score (nSPS) is 27.7. The highest BCUT2D eigenvalue weighted by Crippen LogP contribution is 2.50. The number of likely N-dealkylation sites (tertiary alicyclic amines) is 1. The van der Waals surface area contributed by atoms with Crippen LogP contribution in [0.1, 0.15) is 57.8 Å². The maximum absolute atomic E-state index is 12.7. The molecule has 1 N–H and O–H groups in total. The maximum Gasteiger partial charge on any atom is 0.311 e. The Morgan fingerprint density at radius 3 is 2.15 bits per heavy atom. The fourth-order valence-electron chi connectivity index (χ4n) is 3.71. The van der Waals surface area contributed by atoms with E-state index in [1.54, 1.807) is 0 Å². The smallest absolute Gasteiger partial charge is 0.311 e. The van der Waals surface area contributed by atoms with Crippen molar-refractivity contribution in [3.8, 4) is 0 Å². The zero-order valence-corrected chi connectivity index (χ0v) is 11.7. The molecule has 1 spiro atoms. The van der Waals surface area contributed by atoms with Gasteiger partial charge in [-0.1, -0.05) is 25.7 Å². The van der Waals surface area contributed by atoms with Gasteiger partial charge in [-0.25, -0.2) is 0 Å². The molecule has 2 aliphatic carbocycles. The Bertz CT molecular complexity index is 458. The molecule has 0 radical (unpaired) electrons. The number of aliphatic carboxylic acids is 1. The summed E-state index contributed by atoms with van der Waals surface area (Å²) in [5, 5.41) is 9.23. The van der Waals surface area contributed by atoms with Crippen molar-refractivity contribution in [2.24, 2.45) is 10.8 Å². The first kappa shape index (κ1) is 13.6. The molecule has 110 valence electrons. The fraction of sp³-hybridized carbons (Fsp3) is 0.800. The van der Waals surface area contributed by atoms with E-state index in [2.05, 4.69) is 0 Å². The van der Waals surface area contributed by atoms with Crippen molar-refractivity contribution in [3.63, 3.8) is 0 Å². The second-order valence-corrected chi connectivity index (χ2v) is 6.74. The summed E-state index contributed by atoms with van der Waals surface area (Å²) in [7, 11) is 0. The van der Waals surface area contributed by atoms with Crippen molar-refractivity contribution in [2.75, 3.05) is 6.54 Å². The van der Waals surface area contributed by atoms with Crippen LogP contribution in [-0.2, 0) is 14.4 Å². The van der Waals surface area contributed by atoms with Crippen LogP contribution in [-0.4, -0.2) is 34.3 Å². The first-order valence-electron chi connectivity index (χ1n) is 7.57. The van der Waals surface area contributed by atoms with Crippen LogP contribution in [0, 0.1) is 10.8 Å². The molecular formula is C15H21NO4. The van der Waals surface area contributed by atoms with Crippen LogP contribution in [0.25, 0.3) is 0 Å². The van der Waals surface area contributed by atoms with Crippen molar-refractivity contribution in [1.29, 1.82) is 0 Å². The number of amides is 2. The molecule has 5 heteroatoms. The van der Waals surface area contributed by atoms with Crippen LogP contribution < -0.4 is 0 Å². The van der Waals surface area contributed by atoms with Gasteiger partial charge in [0.15, 0.2) is 0 Å². The SMILES string of the molecule is O=C1CC2(CCCCCC2)C(=O)N1CC1(C(=O)O)CC1. The summed E-state index contributed by atoms with van der Waals surface area (Å²) in [4.78, 5) is 37.4. The van der Waals surface area contributed by atoms with E-state index < -0.39 is 16.8 Å². The summed E-state index contributed by atoms with van der Waals surface area (Å²) >= 11 is 0. The lowest BCUT2D eigenvalue weighted by molar-refractivity contribution is -0.148. The van der Waals surface area contributed by atoms with Crippen molar-refractivity contribution >= 4 is 17.8 Å². The summed E-state index contributed by atoms with van der Waals surface area (Å²) in [5.74, 6) is -1.14. The molecule has 0 bridgehead atoms. The Morgan fingerprint density at radius 2 is 1.65 bits per heavy atom. The van der Waals surface area contributed by atoms with Crippen molar-refractivity contribution in [1.82, 2.24) is 4.90 Å². The van der Waals surface area contributed by atoms with Crippen LogP contribution in [0.15, 0.2) is 0 Å². The van der Waals surface area contributed by atoms with Gasteiger partial charge in [-0.05, 0) is 25.7 Å². The average Bonchev–Trinajstić information content (AvgIpc) is 3.17. The summed E-state index contributed by atoms with van der Waals surface area (Å²) in [6.07, 6.45) is 7.26. The molecule has 2 amide bonds. The molecule has 0 aromatic heterocycles. The molecule has 3 rings (SSSR count). The van der Waals surface area contributed by atoms with Crippen LogP contribution in [0.2, 0.25) is 0 Å². The average molecular weight is 279 g/mol. The first-order chi connectivity index (χ1) is 9.49. The lowest BCUT2D eigenvalue weighted by Gasteiger charge is -2.26. The molecule has 2 saturated carbocycles. The zero-order valence-electron chi connectivity index (χ0n) is 11.7. The largest absolute Gasteiger partial charge is 0.481 e. The molecular weight excluding hydrogens is 258 g/mol. The number of carboxylic acids is 1. The second-order valence-electron chi connectivity index (χ2n) is 6.74. The molecule has 3 fully saturated rings. The Morgan fingerprint density at radius 1 is 1.05 bits per heavy atom. The second kappa shape index (κ2) is 4.57. The fourth-order valence-corrected chi connectivity index (χ4v) is 3.71. The summed E-state index contributed by atoms with van der Waals surface area (Å²) in [5.41, 5.74) is -1.36. The van der Waals surface area contributed by atoms with Gasteiger partial charge in [0, 0.05) is 13.0 Å². The van der Waals surface area contributed by atoms with Gasteiger partial charge in [0.05, 0.1) is 10.8 Å². The molecule has 3 aliphatic rings. The van der Waals surface area contributed by atoms with E-state index in [9.17, 15) is 19.5 Å². The molecule has 0 aromatic rings. The minimum Gasteiger partial charge on any atom is -0.481 e. The number of hydrogen-bond acceptors (Lipinski definition) is 3. The molecule has 20 heavy (non-hydrogen) atoms. The molecule has 5 nitrogen and oxygen atoms in total. The third-order valence-corrected chi connectivity index (χ3v) is 5.32. The van der Waals surface area contributed by atoms with Gasteiger partial charge in [-0.15, -0.1) is 0 Å². The quantitative estimate of drug-likeness (QED) is 0.801. The predicted molar refractivity (Wildman–Crippen MR) is 70.8 cm³/mol. The van der Waals surface area contributed by atoms with Crippen LogP contribution >= 0.6 is 0 Å². The van der Waals surface area contributed by atoms with E-state index in [0.29, 0.717) is 19.3 Å². The van der Waals surface area contributed by atoms with E-state index in [0.717, 1.165) is 38.5 Å². The minimum atomic E-state index is -0.875. The minimum absolute atomic E-state index is 0.0851. The van der Waals surface area contributed by atoms with Gasteiger partial charge in [-0.3, -0.25) is 19.3 Å². The molecule has 0 aromatic carbocycles. The third-order valence-electron chi connectivity index (χ3n) is 5.32. The van der Waals surface area contributed by atoms with Crippen molar-refractivity contribution in [2.45, 2.75) is 57.8 Å². The molecule has 1 saturated heterocycles. The number of carbonyl (C=O) groups excluding carboxylic acids is 2. The van der Waals surface area contributed by atoms with Crippen LogP contribution in [0.3, 0.4) is 0 Å². The Hall–Kier alpha value is -1.39. The van der Waals surface area contributed by atoms with Gasteiger partial charge in [0.1, 0.15) is 0 Å². The maximum atomic E-state index is 12.7. The number of carbonyl (C=O) groups is 3. The van der Waals surface area contributed by atoms with E-state index in [1.165, 1.54) is 4.90 Å². The topological polar surface area (TPSA) is 74.7 Å². The number of imide groups is 1. The lowest BCUT2D eigenvalue weighted by Crippen LogP contribution is -2.41. The van der Waals surface area contributed by atoms with E-state index in [-0.39, 0.29) is 18.4 Å². The Balaban J connectivity index is 1.78. The molecule has 0 atom stereocenters. The number of carboxylic acid groups (broad SMARTS) is 1. The summed E-state index contributed by atoms with van der Waals surface area (Å²) in [6, 6.07) is 0. The van der Waals surface area contributed by atoms with Crippen LogP contribution in [0.4, 0.5) is 0 Å². The zero-order chi connectivity index (χ0) is 14.4. The van der Waals surface area contributed by atoms with E-state index in [4.69, 9.17) is 0 Å². The number of rotatable bonds is 3. The number of nitrogens with zero attached hydrogens (tertiary/aromatic N) is 1. The van der Waals surface area contributed by atoms with Crippen LogP contribution in [0.5, 0.6) is 0 Å². The van der Waals surface area contributed by atoms with Gasteiger partial charge < -0.3 is 5.11 Å². The van der Waals surface area contributed by atoms with E-state index in [1.807, 2.05) is 0 Å². The molecule has 1 heterocycles. The Kier molecular flexibility index (Phi) is 3.10. The monoisotopic (exact) mass is 279 g/mol. The first-order valence-corrected chi connectivity index (χ1v) is 7.57. The number of hydrogen-bond donors (Lipinski definition) is 1. The van der Waals surface area contributed by atoms with Crippen molar-refractivity contribution < 1.29 is 19.5 Å². The highest BCUT2D eigenvalue weighted by molar-refractivity contribution is 6.06. The molecule has 1 aliphatic heterocycles. The van der Waals surface area contributed by atoms with Gasteiger partial charge in [0.25, 0.3) is 0 Å². The summed E-state index contributed by atoms with van der Waals surface area (Å²) < 4.78 is 0. The lowest BCUT2D eigenvalue weighted by atomic mass is 9.79. The van der Waals surface area contributed by atoms with Gasteiger partial charge >= 0.3 is 5.97 Å². The standard InChI is InChI=1S/C15H21NO4/c17-11-9-14(5-3-1-2-4-6-14)12(18)16(11)10-15(7-8-15)13(19)20/h1-10H2,(H,19,20).